The SMILES string of the molecule is CCCCCCCCCCC/C=C\C/C=C\CCCCCCCCCCCCC(O)C(=O)NC(CO)C(O)C(O)CCC/C=C/CC/C=C/CCCCCCCCCCCCCCCCCCCCCCCCC. The molecule has 4 unspecified atom stereocenters. The number of hydrogen-bond acceptors (Lipinski definition) is 5. The van der Waals surface area contributed by atoms with Crippen LogP contribution in [0.5, 0.6) is 0 Å². The number of aliphatic hydroxyl groups excluding tert-OH is 4. The molecule has 6 heteroatoms. The fourth-order valence-corrected chi connectivity index (χ4v) is 10.3. The molecule has 0 aromatic heterocycles. The highest BCUT2D eigenvalue weighted by atomic mass is 16.3. The van der Waals surface area contributed by atoms with Crippen molar-refractivity contribution in [2.24, 2.45) is 0 Å². The topological polar surface area (TPSA) is 110 Å². The first-order chi connectivity index (χ1) is 36.5. The first-order valence-corrected chi connectivity index (χ1v) is 33.0. The fraction of sp³-hybridized carbons (Fsp3) is 0.868. The van der Waals surface area contributed by atoms with Crippen molar-refractivity contribution in [2.75, 3.05) is 6.61 Å². The number of aliphatic hydroxyl groups is 4. The molecule has 1 amide bonds. The van der Waals surface area contributed by atoms with Gasteiger partial charge in [-0.2, -0.15) is 0 Å². The zero-order valence-corrected chi connectivity index (χ0v) is 49.6. The third kappa shape index (κ3) is 55.0. The van der Waals surface area contributed by atoms with E-state index < -0.39 is 36.9 Å². The van der Waals surface area contributed by atoms with Gasteiger partial charge >= 0.3 is 0 Å². The van der Waals surface area contributed by atoms with E-state index in [1.54, 1.807) is 0 Å². The smallest absolute Gasteiger partial charge is 0.249 e. The summed E-state index contributed by atoms with van der Waals surface area (Å²) in [6.45, 7) is 4.08. The van der Waals surface area contributed by atoms with Crippen molar-refractivity contribution < 1.29 is 25.2 Å². The van der Waals surface area contributed by atoms with Gasteiger partial charge in [0.1, 0.15) is 12.2 Å². The van der Waals surface area contributed by atoms with Gasteiger partial charge in [-0.3, -0.25) is 4.79 Å². The van der Waals surface area contributed by atoms with E-state index in [0.717, 1.165) is 44.9 Å². The summed E-state index contributed by atoms with van der Waals surface area (Å²) in [5.41, 5.74) is 0. The molecule has 0 rings (SSSR count). The summed E-state index contributed by atoms with van der Waals surface area (Å²) >= 11 is 0. The lowest BCUT2D eigenvalue weighted by molar-refractivity contribution is -0.132. The molecule has 0 saturated heterocycles. The average molecular weight is 1040 g/mol. The number of carbonyl (C=O) groups is 1. The summed E-state index contributed by atoms with van der Waals surface area (Å²) in [6.07, 6.45) is 80.8. The molecule has 436 valence electrons. The van der Waals surface area contributed by atoms with Crippen molar-refractivity contribution >= 4 is 5.91 Å². The van der Waals surface area contributed by atoms with Gasteiger partial charge in [-0.1, -0.05) is 313 Å². The summed E-state index contributed by atoms with van der Waals surface area (Å²) < 4.78 is 0. The van der Waals surface area contributed by atoms with Gasteiger partial charge in [0.05, 0.1) is 18.8 Å². The molecular weight excluding hydrogens is 911 g/mol. The van der Waals surface area contributed by atoms with Crippen molar-refractivity contribution in [3.8, 4) is 0 Å². The number of hydrogen-bond donors (Lipinski definition) is 5. The van der Waals surface area contributed by atoms with Gasteiger partial charge in [-0.05, 0) is 83.5 Å². The predicted molar refractivity (Wildman–Crippen MR) is 325 cm³/mol. The van der Waals surface area contributed by atoms with E-state index >= 15 is 0 Å². The minimum Gasteiger partial charge on any atom is -0.394 e. The molecule has 5 N–H and O–H groups in total. The molecule has 0 aliphatic carbocycles. The quantitative estimate of drug-likeness (QED) is 0.0308. The second-order valence-corrected chi connectivity index (χ2v) is 22.8. The molecule has 0 heterocycles. The minimum absolute atomic E-state index is 0.356. The van der Waals surface area contributed by atoms with E-state index in [-0.39, 0.29) is 0 Å². The zero-order chi connectivity index (χ0) is 53.7. The van der Waals surface area contributed by atoms with E-state index in [4.69, 9.17) is 0 Å². The number of carbonyl (C=O) groups excluding carboxylic acids is 1. The summed E-state index contributed by atoms with van der Waals surface area (Å²) in [7, 11) is 0. The van der Waals surface area contributed by atoms with Crippen LogP contribution in [0.25, 0.3) is 0 Å². The molecule has 4 atom stereocenters. The normalized spacial score (nSPS) is 13.9. The van der Waals surface area contributed by atoms with Crippen molar-refractivity contribution in [3.63, 3.8) is 0 Å². The Morgan fingerprint density at radius 3 is 0.932 bits per heavy atom. The van der Waals surface area contributed by atoms with E-state index in [2.05, 4.69) is 67.8 Å². The maximum Gasteiger partial charge on any atom is 0.249 e. The van der Waals surface area contributed by atoms with Crippen LogP contribution in [-0.4, -0.2) is 57.3 Å². The lowest BCUT2D eigenvalue weighted by Gasteiger charge is -2.27. The van der Waals surface area contributed by atoms with Crippen LogP contribution in [-0.2, 0) is 4.79 Å². The van der Waals surface area contributed by atoms with Gasteiger partial charge in [0.15, 0.2) is 0 Å². The van der Waals surface area contributed by atoms with Gasteiger partial charge in [0.25, 0.3) is 0 Å². The fourth-order valence-electron chi connectivity index (χ4n) is 10.3. The van der Waals surface area contributed by atoms with E-state index in [0.29, 0.717) is 19.3 Å². The summed E-state index contributed by atoms with van der Waals surface area (Å²) in [6, 6.07) is -1.01. The van der Waals surface area contributed by atoms with Crippen LogP contribution in [0.4, 0.5) is 0 Å². The highest BCUT2D eigenvalue weighted by Gasteiger charge is 2.28. The number of unbranched alkanes of at least 4 members (excludes halogenated alkanes) is 44. The summed E-state index contributed by atoms with van der Waals surface area (Å²) in [5, 5.41) is 44.1. The molecule has 0 spiro atoms. The Bertz CT molecular complexity index is 1210. The van der Waals surface area contributed by atoms with Gasteiger partial charge in [0.2, 0.25) is 5.91 Å². The van der Waals surface area contributed by atoms with Crippen molar-refractivity contribution in [1.82, 2.24) is 5.32 Å². The first-order valence-electron chi connectivity index (χ1n) is 33.0. The van der Waals surface area contributed by atoms with Crippen LogP contribution in [0, 0.1) is 0 Å². The van der Waals surface area contributed by atoms with Crippen molar-refractivity contribution in [2.45, 2.75) is 372 Å². The Morgan fingerprint density at radius 1 is 0.338 bits per heavy atom. The Balaban J connectivity index is 3.64. The highest BCUT2D eigenvalue weighted by Crippen LogP contribution is 2.18. The van der Waals surface area contributed by atoms with Crippen LogP contribution in [0.3, 0.4) is 0 Å². The molecule has 0 saturated carbocycles. The molecule has 74 heavy (non-hydrogen) atoms. The molecule has 0 radical (unpaired) electrons. The number of rotatable bonds is 61. The number of nitrogens with one attached hydrogen (secondary N) is 1. The maximum absolute atomic E-state index is 12.6. The minimum atomic E-state index is -1.29. The van der Waals surface area contributed by atoms with Gasteiger partial charge in [0, 0.05) is 0 Å². The Morgan fingerprint density at radius 2 is 0.608 bits per heavy atom. The number of allylic oxidation sites excluding steroid dienone is 8. The summed E-state index contributed by atoms with van der Waals surface area (Å²) in [5.74, 6) is -0.597. The van der Waals surface area contributed by atoms with E-state index in [1.807, 2.05) is 0 Å². The molecule has 6 nitrogen and oxygen atoms in total. The average Bonchev–Trinajstić information content (AvgIpc) is 3.41. The molecule has 0 bridgehead atoms. The second-order valence-electron chi connectivity index (χ2n) is 22.8. The van der Waals surface area contributed by atoms with Crippen LogP contribution in [0.2, 0.25) is 0 Å². The van der Waals surface area contributed by atoms with Crippen molar-refractivity contribution in [3.05, 3.63) is 48.6 Å². The lowest BCUT2D eigenvalue weighted by Crippen LogP contribution is -2.53. The largest absolute Gasteiger partial charge is 0.394 e. The molecule has 0 aromatic rings. The van der Waals surface area contributed by atoms with Gasteiger partial charge in [-0.25, -0.2) is 0 Å². The second kappa shape index (κ2) is 62.1. The van der Waals surface area contributed by atoms with Crippen LogP contribution < -0.4 is 5.32 Å². The van der Waals surface area contributed by atoms with Crippen LogP contribution in [0.15, 0.2) is 48.6 Å². The summed E-state index contributed by atoms with van der Waals surface area (Å²) in [4.78, 5) is 12.6. The third-order valence-corrected chi connectivity index (χ3v) is 15.5. The van der Waals surface area contributed by atoms with E-state index in [9.17, 15) is 25.2 Å². The maximum atomic E-state index is 12.6. The molecule has 0 aromatic carbocycles. The van der Waals surface area contributed by atoms with Gasteiger partial charge < -0.3 is 25.7 Å². The van der Waals surface area contributed by atoms with Crippen molar-refractivity contribution in [1.29, 1.82) is 0 Å². The van der Waals surface area contributed by atoms with Crippen LogP contribution >= 0.6 is 0 Å². The number of amides is 1. The lowest BCUT2D eigenvalue weighted by atomic mass is 10.00. The Labute approximate surface area is 461 Å². The predicted octanol–water partition coefficient (Wildman–Crippen LogP) is 20.1. The molecule has 0 aliphatic heterocycles. The first kappa shape index (κ1) is 72.3. The monoisotopic (exact) mass is 1040 g/mol. The Hall–Kier alpha value is -1.73. The zero-order valence-electron chi connectivity index (χ0n) is 49.6. The van der Waals surface area contributed by atoms with Crippen LogP contribution in [0.1, 0.15) is 348 Å². The molecule has 0 fully saturated rings. The molecular formula is C68H129NO5. The highest BCUT2D eigenvalue weighted by molar-refractivity contribution is 5.80. The third-order valence-electron chi connectivity index (χ3n) is 15.5. The van der Waals surface area contributed by atoms with E-state index in [1.165, 1.54) is 270 Å². The Kier molecular flexibility index (Phi) is 60.7. The standard InChI is InChI=1S/C68H129NO5/c1-3-5-7-9-11-13-15-17-19-21-23-25-27-29-31-32-33-34-35-36-38-39-41-43-45-47-49-51-53-55-57-59-61-65(71)67(73)64(63-70)69-68(74)66(72)62-60-58-56-54-52-50-48-46-44-42-40-37-30-28-26-24-22-20-18-16-14-12-10-8-6-4-2/h24,26,30,37,45,47,53,55,64-67,70-73H,3-23,25,27-29,31-36,38-44,46,48-52,54,56-63H2,1-2H3,(H,69,74)/b26-24-,37-30-,47-45+,55-53+. The van der Waals surface area contributed by atoms with Gasteiger partial charge in [-0.15, -0.1) is 0 Å². The molecule has 0 aliphatic rings.